The van der Waals surface area contributed by atoms with Gasteiger partial charge in [-0.15, -0.1) is 11.3 Å². The molecule has 1 aliphatic heterocycles. The van der Waals surface area contributed by atoms with E-state index < -0.39 is 5.91 Å². The van der Waals surface area contributed by atoms with Crippen molar-refractivity contribution in [1.82, 2.24) is 9.80 Å². The minimum Gasteiger partial charge on any atom is -0.366 e. The molecule has 0 aromatic carbocycles. The molecule has 0 radical (unpaired) electrons. The second kappa shape index (κ2) is 8.25. The molecule has 7 nitrogen and oxygen atoms in total. The molecule has 3 N–H and O–H groups in total. The lowest BCUT2D eigenvalue weighted by Gasteiger charge is -2.34. The number of hydrogen-bond donors (Lipinski definition) is 2. The number of primary amides is 1. The van der Waals surface area contributed by atoms with Gasteiger partial charge in [-0.05, 0) is 17.4 Å². The van der Waals surface area contributed by atoms with Gasteiger partial charge < -0.3 is 16.0 Å². The highest BCUT2D eigenvalue weighted by atomic mass is 32.1. The molecule has 0 spiro atoms. The first-order valence-corrected chi connectivity index (χ1v) is 8.92. The summed E-state index contributed by atoms with van der Waals surface area (Å²) in [5.74, 6) is -0.198. The Morgan fingerprint density at radius 3 is 2.50 bits per heavy atom. The Labute approximate surface area is 145 Å². The van der Waals surface area contributed by atoms with Crippen molar-refractivity contribution in [3.8, 4) is 0 Å². The van der Waals surface area contributed by atoms with E-state index >= 15 is 0 Å². The van der Waals surface area contributed by atoms with Crippen LogP contribution < -0.4 is 11.1 Å². The zero-order valence-electron chi connectivity index (χ0n) is 14.1. The average molecular weight is 352 g/mol. The number of thiophene rings is 1. The van der Waals surface area contributed by atoms with E-state index in [2.05, 4.69) is 5.32 Å². The van der Waals surface area contributed by atoms with Gasteiger partial charge in [0, 0.05) is 32.6 Å². The molecular formula is C16H24N4O3S. The summed E-state index contributed by atoms with van der Waals surface area (Å²) in [6.45, 7) is 6.93. The summed E-state index contributed by atoms with van der Waals surface area (Å²) in [7, 11) is 0. The van der Waals surface area contributed by atoms with Gasteiger partial charge >= 0.3 is 0 Å². The van der Waals surface area contributed by atoms with Crippen molar-refractivity contribution in [3.05, 3.63) is 17.0 Å². The highest BCUT2D eigenvalue weighted by Gasteiger charge is 2.23. The predicted molar refractivity (Wildman–Crippen MR) is 93.9 cm³/mol. The Hall–Kier alpha value is -1.93. The standard InChI is InChI=1S/C16H24N4O3S/c1-11(2)9-14(22)20-6-4-19(5-7-20)10-13(21)18-16-12(15(17)23)3-8-24-16/h3,8,11H,4-7,9-10H2,1-2H3,(H2,17,23)(H,18,21). The molecule has 1 aromatic rings. The van der Waals surface area contributed by atoms with Crippen molar-refractivity contribution in [2.45, 2.75) is 20.3 Å². The summed E-state index contributed by atoms with van der Waals surface area (Å²) in [6, 6.07) is 1.60. The maximum Gasteiger partial charge on any atom is 0.251 e. The molecule has 132 valence electrons. The summed E-state index contributed by atoms with van der Waals surface area (Å²) in [5.41, 5.74) is 5.60. The second-order valence-corrected chi connectivity index (χ2v) is 7.25. The molecule has 8 heteroatoms. The minimum atomic E-state index is -0.552. The lowest BCUT2D eigenvalue weighted by atomic mass is 10.1. The van der Waals surface area contributed by atoms with Crippen LogP contribution in [0.5, 0.6) is 0 Å². The molecule has 2 rings (SSSR count). The first-order chi connectivity index (χ1) is 11.4. The zero-order chi connectivity index (χ0) is 17.7. The third-order valence-corrected chi connectivity index (χ3v) is 4.69. The Kier molecular flexibility index (Phi) is 6.33. The fourth-order valence-corrected chi connectivity index (χ4v) is 3.41. The molecule has 1 aromatic heterocycles. The summed E-state index contributed by atoms with van der Waals surface area (Å²) in [4.78, 5) is 39.3. The van der Waals surface area contributed by atoms with E-state index in [1.807, 2.05) is 23.6 Å². The largest absolute Gasteiger partial charge is 0.366 e. The molecular weight excluding hydrogens is 328 g/mol. The lowest BCUT2D eigenvalue weighted by Crippen LogP contribution is -2.50. The maximum absolute atomic E-state index is 12.1. The van der Waals surface area contributed by atoms with Crippen molar-refractivity contribution < 1.29 is 14.4 Å². The third-order valence-electron chi connectivity index (χ3n) is 3.86. The van der Waals surface area contributed by atoms with E-state index in [0.717, 1.165) is 0 Å². The van der Waals surface area contributed by atoms with Crippen LogP contribution in [-0.4, -0.2) is 60.2 Å². The number of piperazine rings is 1. The third kappa shape index (κ3) is 5.04. The number of carbonyl (C=O) groups is 3. The molecule has 0 aliphatic carbocycles. The number of carbonyl (C=O) groups excluding carboxylic acids is 3. The quantitative estimate of drug-likeness (QED) is 0.797. The van der Waals surface area contributed by atoms with Gasteiger partial charge in [0.15, 0.2) is 0 Å². The van der Waals surface area contributed by atoms with Crippen LogP contribution in [-0.2, 0) is 9.59 Å². The smallest absolute Gasteiger partial charge is 0.251 e. The van der Waals surface area contributed by atoms with Crippen LogP contribution in [0.2, 0.25) is 0 Å². The Morgan fingerprint density at radius 2 is 1.92 bits per heavy atom. The molecule has 24 heavy (non-hydrogen) atoms. The number of hydrogen-bond acceptors (Lipinski definition) is 5. The number of anilines is 1. The molecule has 0 unspecified atom stereocenters. The van der Waals surface area contributed by atoms with Crippen LogP contribution in [0.15, 0.2) is 11.4 Å². The molecule has 1 fully saturated rings. The number of nitrogens with two attached hydrogens (primary N) is 1. The lowest BCUT2D eigenvalue weighted by molar-refractivity contribution is -0.133. The summed E-state index contributed by atoms with van der Waals surface area (Å²) in [6.07, 6.45) is 0.564. The molecule has 1 saturated heterocycles. The van der Waals surface area contributed by atoms with Crippen molar-refractivity contribution in [2.75, 3.05) is 38.0 Å². The topological polar surface area (TPSA) is 95.7 Å². The monoisotopic (exact) mass is 352 g/mol. The highest BCUT2D eigenvalue weighted by Crippen LogP contribution is 2.22. The van der Waals surface area contributed by atoms with Gasteiger partial charge in [0.25, 0.3) is 5.91 Å². The molecule has 2 heterocycles. The molecule has 0 saturated carbocycles. The van der Waals surface area contributed by atoms with Gasteiger partial charge in [0.05, 0.1) is 12.1 Å². The Morgan fingerprint density at radius 1 is 1.25 bits per heavy atom. The van der Waals surface area contributed by atoms with Crippen LogP contribution in [0.25, 0.3) is 0 Å². The average Bonchev–Trinajstić information content (AvgIpc) is 2.95. The normalized spacial score (nSPS) is 15.5. The van der Waals surface area contributed by atoms with E-state index in [9.17, 15) is 14.4 Å². The van der Waals surface area contributed by atoms with E-state index in [4.69, 9.17) is 5.73 Å². The van der Waals surface area contributed by atoms with Gasteiger partial charge in [-0.1, -0.05) is 13.8 Å². The van der Waals surface area contributed by atoms with Crippen LogP contribution in [0, 0.1) is 5.92 Å². The van der Waals surface area contributed by atoms with Crippen LogP contribution in [0.4, 0.5) is 5.00 Å². The van der Waals surface area contributed by atoms with Gasteiger partial charge in [0.1, 0.15) is 5.00 Å². The van der Waals surface area contributed by atoms with E-state index in [1.54, 1.807) is 11.4 Å². The number of nitrogens with zero attached hydrogens (tertiary/aromatic N) is 2. The number of rotatable bonds is 6. The molecule has 0 bridgehead atoms. The van der Waals surface area contributed by atoms with Crippen molar-refractivity contribution >= 4 is 34.1 Å². The number of nitrogens with one attached hydrogen (secondary N) is 1. The molecule has 0 atom stereocenters. The van der Waals surface area contributed by atoms with Crippen LogP contribution in [0.1, 0.15) is 30.6 Å². The predicted octanol–water partition coefficient (Wildman–Crippen LogP) is 0.976. The van der Waals surface area contributed by atoms with Gasteiger partial charge in [0.2, 0.25) is 11.8 Å². The van der Waals surface area contributed by atoms with E-state index in [0.29, 0.717) is 49.1 Å². The SMILES string of the molecule is CC(C)CC(=O)N1CCN(CC(=O)Nc2sccc2C(N)=O)CC1. The van der Waals surface area contributed by atoms with E-state index in [1.165, 1.54) is 11.3 Å². The van der Waals surface area contributed by atoms with Gasteiger partial charge in [-0.2, -0.15) is 0 Å². The molecule has 3 amide bonds. The van der Waals surface area contributed by atoms with Gasteiger partial charge in [-0.25, -0.2) is 0 Å². The summed E-state index contributed by atoms with van der Waals surface area (Å²) in [5, 5.41) is 4.94. The fraction of sp³-hybridized carbons (Fsp3) is 0.562. The number of amides is 3. The van der Waals surface area contributed by atoms with Crippen molar-refractivity contribution in [2.24, 2.45) is 11.7 Å². The van der Waals surface area contributed by atoms with E-state index in [-0.39, 0.29) is 18.4 Å². The van der Waals surface area contributed by atoms with Crippen molar-refractivity contribution in [3.63, 3.8) is 0 Å². The first kappa shape index (κ1) is 18.4. The first-order valence-electron chi connectivity index (χ1n) is 8.04. The van der Waals surface area contributed by atoms with Gasteiger partial charge in [-0.3, -0.25) is 19.3 Å². The summed E-state index contributed by atoms with van der Waals surface area (Å²) >= 11 is 1.27. The van der Waals surface area contributed by atoms with Crippen LogP contribution in [0.3, 0.4) is 0 Å². The Bertz CT molecular complexity index is 606. The second-order valence-electron chi connectivity index (χ2n) is 6.33. The fourth-order valence-electron chi connectivity index (χ4n) is 2.60. The van der Waals surface area contributed by atoms with Crippen molar-refractivity contribution in [1.29, 1.82) is 0 Å². The maximum atomic E-state index is 12.1. The van der Waals surface area contributed by atoms with Crippen LogP contribution >= 0.6 is 11.3 Å². The Balaban J connectivity index is 1.79. The molecule has 1 aliphatic rings. The zero-order valence-corrected chi connectivity index (χ0v) is 14.9. The summed E-state index contributed by atoms with van der Waals surface area (Å²) < 4.78 is 0. The highest BCUT2D eigenvalue weighted by molar-refractivity contribution is 7.14. The minimum absolute atomic E-state index is 0.179.